The summed E-state index contributed by atoms with van der Waals surface area (Å²) in [5.41, 5.74) is 8.45. The van der Waals surface area contributed by atoms with Crippen molar-refractivity contribution < 1.29 is 9.47 Å². The molecule has 3 N–H and O–H groups in total. The maximum Gasteiger partial charge on any atom is 0.163 e. The van der Waals surface area contributed by atoms with Crippen molar-refractivity contribution in [3.8, 4) is 11.5 Å². The van der Waals surface area contributed by atoms with Crippen LogP contribution in [-0.2, 0) is 0 Å². The molecular weight excluding hydrogens is 266 g/mol. The fraction of sp³-hybridized carbons (Fsp3) is 0.312. The van der Waals surface area contributed by atoms with Gasteiger partial charge in [0.15, 0.2) is 17.3 Å². The zero-order valence-corrected chi connectivity index (χ0v) is 12.6. The number of ether oxygens (including phenoxy) is 2. The van der Waals surface area contributed by atoms with Crippen molar-refractivity contribution in [1.29, 1.82) is 0 Å². The molecule has 0 saturated carbocycles. The molecule has 1 aromatic heterocycles. The van der Waals surface area contributed by atoms with E-state index in [1.807, 2.05) is 45.0 Å². The maximum absolute atomic E-state index is 5.96. The fourth-order valence-corrected chi connectivity index (χ4v) is 1.96. The lowest BCUT2D eigenvalue weighted by atomic mass is 10.2. The van der Waals surface area contributed by atoms with Crippen molar-refractivity contribution in [3.63, 3.8) is 0 Å². The summed E-state index contributed by atoms with van der Waals surface area (Å²) in [6.07, 6.45) is 1.77. The number of pyridine rings is 1. The first-order chi connectivity index (χ1) is 10.1. The predicted octanol–water partition coefficient (Wildman–Crippen LogP) is 3.51. The van der Waals surface area contributed by atoms with E-state index in [-0.39, 0.29) is 0 Å². The van der Waals surface area contributed by atoms with Gasteiger partial charge in [0.2, 0.25) is 0 Å². The number of rotatable bonds is 6. The second-order valence-electron chi connectivity index (χ2n) is 4.60. The molecule has 0 aliphatic carbocycles. The van der Waals surface area contributed by atoms with Crippen molar-refractivity contribution in [2.24, 2.45) is 0 Å². The third kappa shape index (κ3) is 3.78. The lowest BCUT2D eigenvalue weighted by Crippen LogP contribution is -2.02. The highest BCUT2D eigenvalue weighted by Gasteiger charge is 2.08. The summed E-state index contributed by atoms with van der Waals surface area (Å²) in [5.74, 6) is 2.07. The monoisotopic (exact) mass is 287 g/mol. The third-order valence-electron chi connectivity index (χ3n) is 2.86. The maximum atomic E-state index is 5.96. The molecule has 0 bridgehead atoms. The topological polar surface area (TPSA) is 69.4 Å². The number of nitrogens with zero attached hydrogens (tertiary/aromatic N) is 1. The number of nitrogens with two attached hydrogens (primary N) is 1. The van der Waals surface area contributed by atoms with E-state index >= 15 is 0 Å². The molecule has 0 radical (unpaired) electrons. The molecular formula is C16H21N3O2. The highest BCUT2D eigenvalue weighted by Crippen LogP contribution is 2.32. The molecule has 5 nitrogen and oxygen atoms in total. The molecule has 0 unspecified atom stereocenters. The molecule has 5 heteroatoms. The number of aromatic nitrogens is 1. The van der Waals surface area contributed by atoms with Crippen LogP contribution in [0.1, 0.15) is 19.4 Å². The van der Waals surface area contributed by atoms with E-state index in [9.17, 15) is 0 Å². The summed E-state index contributed by atoms with van der Waals surface area (Å²) in [5, 5.41) is 3.20. The van der Waals surface area contributed by atoms with E-state index in [2.05, 4.69) is 10.3 Å². The normalized spacial score (nSPS) is 10.2. The quantitative estimate of drug-likeness (QED) is 0.850. The molecule has 112 valence electrons. The lowest BCUT2D eigenvalue weighted by Gasteiger charge is -2.14. The molecule has 2 rings (SSSR count). The average Bonchev–Trinajstić information content (AvgIpc) is 2.45. The van der Waals surface area contributed by atoms with E-state index in [0.29, 0.717) is 30.5 Å². The summed E-state index contributed by atoms with van der Waals surface area (Å²) in [7, 11) is 0. The largest absolute Gasteiger partial charge is 0.490 e. The molecule has 0 spiro atoms. The van der Waals surface area contributed by atoms with Gasteiger partial charge in [0, 0.05) is 18.0 Å². The molecule has 0 saturated heterocycles. The molecule has 0 fully saturated rings. The van der Waals surface area contributed by atoms with Gasteiger partial charge in [-0.3, -0.25) is 0 Å². The van der Waals surface area contributed by atoms with Gasteiger partial charge in [0.05, 0.1) is 18.9 Å². The summed E-state index contributed by atoms with van der Waals surface area (Å²) < 4.78 is 11.1. The van der Waals surface area contributed by atoms with Crippen LogP contribution in [0.2, 0.25) is 0 Å². The Morgan fingerprint density at radius 3 is 2.48 bits per heavy atom. The Hall–Kier alpha value is -2.43. The van der Waals surface area contributed by atoms with E-state index in [1.54, 1.807) is 6.20 Å². The minimum atomic E-state index is 0.578. The summed E-state index contributed by atoms with van der Waals surface area (Å²) in [6.45, 7) is 7.01. The minimum absolute atomic E-state index is 0.578. The Morgan fingerprint density at radius 1 is 1.10 bits per heavy atom. The fourth-order valence-electron chi connectivity index (χ4n) is 1.96. The van der Waals surface area contributed by atoms with Gasteiger partial charge in [0.1, 0.15) is 0 Å². The van der Waals surface area contributed by atoms with Crippen LogP contribution in [0.4, 0.5) is 17.2 Å². The van der Waals surface area contributed by atoms with Gasteiger partial charge < -0.3 is 20.5 Å². The molecule has 0 atom stereocenters. The zero-order valence-electron chi connectivity index (χ0n) is 12.6. The van der Waals surface area contributed by atoms with E-state index in [1.165, 1.54) is 0 Å². The first kappa shape index (κ1) is 15.0. The lowest BCUT2D eigenvalue weighted by molar-refractivity contribution is 0.288. The van der Waals surface area contributed by atoms with Crippen LogP contribution in [0.5, 0.6) is 11.5 Å². The molecule has 2 aromatic rings. The minimum Gasteiger partial charge on any atom is -0.490 e. The van der Waals surface area contributed by atoms with Gasteiger partial charge >= 0.3 is 0 Å². The van der Waals surface area contributed by atoms with Crippen LogP contribution in [0.3, 0.4) is 0 Å². The standard InChI is InChI=1S/C16H21N3O2/c1-4-20-14-7-6-12(9-15(14)21-5-2)19-16-13(17)8-11(3)10-18-16/h6-10H,4-5,17H2,1-3H3,(H,18,19). The van der Waals surface area contributed by atoms with Gasteiger partial charge in [-0.25, -0.2) is 4.98 Å². The first-order valence-electron chi connectivity index (χ1n) is 7.02. The molecule has 0 aliphatic heterocycles. The van der Waals surface area contributed by atoms with Crippen LogP contribution in [0, 0.1) is 6.92 Å². The highest BCUT2D eigenvalue weighted by molar-refractivity contribution is 5.70. The molecule has 1 aromatic carbocycles. The molecule has 1 heterocycles. The van der Waals surface area contributed by atoms with Crippen LogP contribution >= 0.6 is 0 Å². The van der Waals surface area contributed by atoms with Crippen molar-refractivity contribution in [2.45, 2.75) is 20.8 Å². The Labute approximate surface area is 125 Å². The number of nitrogen functional groups attached to an aromatic ring is 1. The van der Waals surface area contributed by atoms with E-state index in [4.69, 9.17) is 15.2 Å². The van der Waals surface area contributed by atoms with Gasteiger partial charge in [-0.15, -0.1) is 0 Å². The first-order valence-corrected chi connectivity index (χ1v) is 7.02. The number of benzene rings is 1. The number of hydrogen-bond acceptors (Lipinski definition) is 5. The Balaban J connectivity index is 2.25. The second-order valence-corrected chi connectivity index (χ2v) is 4.60. The molecule has 21 heavy (non-hydrogen) atoms. The Kier molecular flexibility index (Phi) is 4.87. The van der Waals surface area contributed by atoms with Crippen molar-refractivity contribution in [2.75, 3.05) is 24.3 Å². The summed E-state index contributed by atoms with van der Waals surface area (Å²) >= 11 is 0. The Morgan fingerprint density at radius 2 is 1.81 bits per heavy atom. The Bertz CT molecular complexity index is 614. The predicted molar refractivity (Wildman–Crippen MR) is 85.4 cm³/mol. The van der Waals surface area contributed by atoms with Crippen molar-refractivity contribution >= 4 is 17.2 Å². The van der Waals surface area contributed by atoms with E-state index in [0.717, 1.165) is 17.0 Å². The number of aryl methyl sites for hydroxylation is 1. The third-order valence-corrected chi connectivity index (χ3v) is 2.86. The molecule has 0 aliphatic rings. The van der Waals surface area contributed by atoms with Crippen molar-refractivity contribution in [3.05, 3.63) is 36.0 Å². The van der Waals surface area contributed by atoms with E-state index < -0.39 is 0 Å². The van der Waals surface area contributed by atoms with Crippen LogP contribution in [-0.4, -0.2) is 18.2 Å². The van der Waals surface area contributed by atoms with Crippen LogP contribution in [0.15, 0.2) is 30.5 Å². The molecule has 0 amide bonds. The average molecular weight is 287 g/mol. The highest BCUT2D eigenvalue weighted by atomic mass is 16.5. The summed E-state index contributed by atoms with van der Waals surface area (Å²) in [6, 6.07) is 7.55. The SMILES string of the molecule is CCOc1ccc(Nc2ncc(C)cc2N)cc1OCC. The van der Waals surface area contributed by atoms with Crippen LogP contribution < -0.4 is 20.5 Å². The number of nitrogens with one attached hydrogen (secondary N) is 1. The van der Waals surface area contributed by atoms with Gasteiger partial charge in [-0.05, 0) is 44.5 Å². The van der Waals surface area contributed by atoms with Gasteiger partial charge in [0.25, 0.3) is 0 Å². The van der Waals surface area contributed by atoms with Gasteiger partial charge in [-0.1, -0.05) is 0 Å². The smallest absolute Gasteiger partial charge is 0.163 e. The van der Waals surface area contributed by atoms with Gasteiger partial charge in [-0.2, -0.15) is 0 Å². The number of hydrogen-bond donors (Lipinski definition) is 2. The van der Waals surface area contributed by atoms with Crippen molar-refractivity contribution in [1.82, 2.24) is 4.98 Å². The zero-order chi connectivity index (χ0) is 15.2. The van der Waals surface area contributed by atoms with Crippen LogP contribution in [0.25, 0.3) is 0 Å². The number of anilines is 3. The second kappa shape index (κ2) is 6.83. The summed E-state index contributed by atoms with van der Waals surface area (Å²) in [4.78, 5) is 4.30.